The third kappa shape index (κ3) is 3.91. The molecule has 0 aliphatic rings. The van der Waals surface area contributed by atoms with Gasteiger partial charge in [-0.25, -0.2) is 4.98 Å². The molecular weight excluding hydrogens is 236 g/mol. The number of H-pyrrole nitrogens is 1. The molecule has 0 saturated carbocycles. The fourth-order valence-electron chi connectivity index (χ4n) is 2.31. The summed E-state index contributed by atoms with van der Waals surface area (Å²) in [5, 5.41) is 0. The van der Waals surface area contributed by atoms with E-state index in [1.807, 2.05) is 24.3 Å². The molecule has 0 radical (unpaired) electrons. The Morgan fingerprint density at radius 2 is 1.79 bits per heavy atom. The van der Waals surface area contributed by atoms with Crippen LogP contribution in [0.4, 0.5) is 0 Å². The molecule has 0 fully saturated rings. The van der Waals surface area contributed by atoms with E-state index < -0.39 is 0 Å². The van der Waals surface area contributed by atoms with Crippen molar-refractivity contribution in [1.29, 1.82) is 0 Å². The van der Waals surface area contributed by atoms with E-state index in [4.69, 9.17) is 0 Å². The molecule has 0 spiro atoms. The minimum atomic E-state index is -0.0349. The third-order valence-corrected chi connectivity index (χ3v) is 3.44. The average Bonchev–Trinajstić information content (AvgIpc) is 2.43. The normalized spacial score (nSPS) is 11.0. The molecule has 102 valence electrons. The first-order valence-corrected chi connectivity index (χ1v) is 7.29. The van der Waals surface area contributed by atoms with Gasteiger partial charge in [0.15, 0.2) is 0 Å². The van der Waals surface area contributed by atoms with Gasteiger partial charge in [-0.1, -0.05) is 51.2 Å². The second-order valence-electron chi connectivity index (χ2n) is 5.05. The summed E-state index contributed by atoms with van der Waals surface area (Å²) in [6.07, 6.45) is 8.18. The quantitative estimate of drug-likeness (QED) is 0.767. The Balaban J connectivity index is 1.93. The van der Waals surface area contributed by atoms with Crippen LogP contribution in [0.3, 0.4) is 0 Å². The molecule has 3 nitrogen and oxygen atoms in total. The van der Waals surface area contributed by atoms with Gasteiger partial charge in [0.2, 0.25) is 0 Å². The largest absolute Gasteiger partial charge is 0.319 e. The lowest BCUT2D eigenvalue weighted by Crippen LogP contribution is -2.15. The highest BCUT2D eigenvalue weighted by atomic mass is 16.1. The van der Waals surface area contributed by atoms with Gasteiger partial charge in [0, 0.05) is 0 Å². The topological polar surface area (TPSA) is 45.8 Å². The summed E-state index contributed by atoms with van der Waals surface area (Å²) < 4.78 is 0. The number of unbranched alkanes of at least 4 members (excludes halogenated alkanes) is 5. The Morgan fingerprint density at radius 3 is 2.63 bits per heavy atom. The van der Waals surface area contributed by atoms with E-state index in [9.17, 15) is 4.79 Å². The zero-order valence-electron chi connectivity index (χ0n) is 11.6. The molecule has 0 saturated heterocycles. The van der Waals surface area contributed by atoms with Crippen LogP contribution in [-0.2, 0) is 6.42 Å². The highest BCUT2D eigenvalue weighted by molar-refractivity contribution is 5.73. The number of aromatic amines is 1. The van der Waals surface area contributed by atoms with Crippen molar-refractivity contribution in [1.82, 2.24) is 9.97 Å². The molecule has 0 amide bonds. The SMILES string of the molecule is CCCCCCCCc1nc2ccccc2[nH]c1=O. The molecule has 0 atom stereocenters. The molecular formula is C16H22N2O. The van der Waals surface area contributed by atoms with Crippen molar-refractivity contribution in [3.8, 4) is 0 Å². The molecule has 0 aliphatic carbocycles. The Kier molecular flexibility index (Phi) is 5.13. The Morgan fingerprint density at radius 1 is 1.05 bits per heavy atom. The minimum Gasteiger partial charge on any atom is -0.319 e. The lowest BCUT2D eigenvalue weighted by atomic mass is 10.1. The van der Waals surface area contributed by atoms with Crippen molar-refractivity contribution in [2.24, 2.45) is 0 Å². The standard InChI is InChI=1S/C16H22N2O/c1-2-3-4-5-6-7-12-15-16(19)18-14-11-9-8-10-13(14)17-15/h8-11H,2-7,12H2,1H3,(H,18,19). The molecule has 0 bridgehead atoms. The van der Waals surface area contributed by atoms with Gasteiger partial charge in [0.25, 0.3) is 5.56 Å². The van der Waals surface area contributed by atoms with E-state index in [0.29, 0.717) is 5.69 Å². The fraction of sp³-hybridized carbons (Fsp3) is 0.500. The first kappa shape index (κ1) is 13.8. The van der Waals surface area contributed by atoms with Gasteiger partial charge in [-0.2, -0.15) is 0 Å². The van der Waals surface area contributed by atoms with Gasteiger partial charge < -0.3 is 4.98 Å². The van der Waals surface area contributed by atoms with Crippen molar-refractivity contribution in [2.45, 2.75) is 51.9 Å². The summed E-state index contributed by atoms with van der Waals surface area (Å²) in [4.78, 5) is 19.2. The monoisotopic (exact) mass is 258 g/mol. The van der Waals surface area contributed by atoms with Crippen LogP contribution in [0.25, 0.3) is 11.0 Å². The van der Waals surface area contributed by atoms with Crippen molar-refractivity contribution in [2.75, 3.05) is 0 Å². The number of aryl methyl sites for hydroxylation is 1. The van der Waals surface area contributed by atoms with E-state index in [0.717, 1.165) is 23.9 Å². The number of rotatable bonds is 7. The van der Waals surface area contributed by atoms with Crippen molar-refractivity contribution in [3.05, 3.63) is 40.3 Å². The smallest absolute Gasteiger partial charge is 0.270 e. The lowest BCUT2D eigenvalue weighted by Gasteiger charge is -2.03. The van der Waals surface area contributed by atoms with Crippen LogP contribution >= 0.6 is 0 Å². The lowest BCUT2D eigenvalue weighted by molar-refractivity contribution is 0.603. The number of aromatic nitrogens is 2. The molecule has 1 aromatic heterocycles. The first-order valence-electron chi connectivity index (χ1n) is 7.29. The predicted molar refractivity (Wildman–Crippen MR) is 79.4 cm³/mol. The number of benzene rings is 1. The van der Waals surface area contributed by atoms with Crippen molar-refractivity contribution < 1.29 is 0 Å². The summed E-state index contributed by atoms with van der Waals surface area (Å²) >= 11 is 0. The molecule has 2 rings (SSSR count). The van der Waals surface area contributed by atoms with Crippen LogP contribution in [0.2, 0.25) is 0 Å². The van der Waals surface area contributed by atoms with Crippen LogP contribution in [0.1, 0.15) is 51.1 Å². The van der Waals surface area contributed by atoms with Crippen molar-refractivity contribution >= 4 is 11.0 Å². The van der Waals surface area contributed by atoms with Gasteiger partial charge in [0.05, 0.1) is 11.0 Å². The highest BCUT2D eigenvalue weighted by Gasteiger charge is 2.04. The van der Waals surface area contributed by atoms with E-state index in [-0.39, 0.29) is 5.56 Å². The molecule has 1 aromatic carbocycles. The van der Waals surface area contributed by atoms with Crippen LogP contribution in [0, 0.1) is 0 Å². The third-order valence-electron chi connectivity index (χ3n) is 3.44. The summed E-state index contributed by atoms with van der Waals surface area (Å²) in [5.41, 5.74) is 2.34. The molecule has 1 heterocycles. The molecule has 1 N–H and O–H groups in total. The van der Waals surface area contributed by atoms with E-state index in [2.05, 4.69) is 16.9 Å². The van der Waals surface area contributed by atoms with Crippen molar-refractivity contribution in [3.63, 3.8) is 0 Å². The average molecular weight is 258 g/mol. The number of hydrogen-bond donors (Lipinski definition) is 1. The molecule has 2 aromatic rings. The van der Waals surface area contributed by atoms with E-state index in [1.54, 1.807) is 0 Å². The van der Waals surface area contributed by atoms with Crippen LogP contribution in [-0.4, -0.2) is 9.97 Å². The highest BCUT2D eigenvalue weighted by Crippen LogP contribution is 2.09. The number of nitrogens with zero attached hydrogens (tertiary/aromatic N) is 1. The second kappa shape index (κ2) is 7.07. The molecule has 3 heteroatoms. The number of para-hydroxylation sites is 2. The van der Waals surface area contributed by atoms with Gasteiger partial charge in [0.1, 0.15) is 5.69 Å². The summed E-state index contributed by atoms with van der Waals surface area (Å²) in [7, 11) is 0. The van der Waals surface area contributed by atoms with Gasteiger partial charge in [-0.05, 0) is 25.0 Å². The van der Waals surface area contributed by atoms with Crippen LogP contribution in [0.5, 0.6) is 0 Å². The Bertz CT molecular complexity index is 574. The predicted octanol–water partition coefficient (Wildman–Crippen LogP) is 3.83. The summed E-state index contributed by atoms with van der Waals surface area (Å²) in [6, 6.07) is 7.68. The van der Waals surface area contributed by atoms with Crippen LogP contribution in [0.15, 0.2) is 29.1 Å². The molecule has 0 aliphatic heterocycles. The molecule has 19 heavy (non-hydrogen) atoms. The fourth-order valence-corrected chi connectivity index (χ4v) is 2.31. The number of hydrogen-bond acceptors (Lipinski definition) is 2. The van der Waals surface area contributed by atoms with E-state index >= 15 is 0 Å². The zero-order chi connectivity index (χ0) is 13.5. The number of fused-ring (bicyclic) bond motifs is 1. The molecule has 0 unspecified atom stereocenters. The zero-order valence-corrected chi connectivity index (χ0v) is 11.6. The number of nitrogens with one attached hydrogen (secondary N) is 1. The maximum absolute atomic E-state index is 11.9. The minimum absolute atomic E-state index is 0.0349. The summed E-state index contributed by atoms with van der Waals surface area (Å²) in [6.45, 7) is 2.22. The van der Waals surface area contributed by atoms with Gasteiger partial charge in [-0.3, -0.25) is 4.79 Å². The second-order valence-corrected chi connectivity index (χ2v) is 5.05. The maximum atomic E-state index is 11.9. The van der Waals surface area contributed by atoms with Gasteiger partial charge in [-0.15, -0.1) is 0 Å². The van der Waals surface area contributed by atoms with Gasteiger partial charge >= 0.3 is 0 Å². The summed E-state index contributed by atoms with van der Waals surface area (Å²) in [5.74, 6) is 0. The maximum Gasteiger partial charge on any atom is 0.270 e. The Labute approximate surface area is 114 Å². The van der Waals surface area contributed by atoms with E-state index in [1.165, 1.54) is 32.1 Å². The first-order chi connectivity index (χ1) is 9.31. The Hall–Kier alpha value is -1.64. The van der Waals surface area contributed by atoms with Crippen LogP contribution < -0.4 is 5.56 Å².